The highest BCUT2D eigenvalue weighted by molar-refractivity contribution is 7.09. The van der Waals surface area contributed by atoms with Gasteiger partial charge in [-0.05, 0) is 23.6 Å². The van der Waals surface area contributed by atoms with Crippen LogP contribution in [0, 0.1) is 0 Å². The van der Waals surface area contributed by atoms with Gasteiger partial charge in [-0.3, -0.25) is 0 Å². The second-order valence-electron chi connectivity index (χ2n) is 4.60. The topological polar surface area (TPSA) is 24.9 Å². The summed E-state index contributed by atoms with van der Waals surface area (Å²) in [5.41, 5.74) is 3.83. The zero-order chi connectivity index (χ0) is 13.6. The maximum Gasteiger partial charge on any atom is 0.112 e. The summed E-state index contributed by atoms with van der Waals surface area (Å²) in [4.78, 5) is 4.30. The van der Waals surface area contributed by atoms with Crippen LogP contribution in [0.1, 0.15) is 16.1 Å². The van der Waals surface area contributed by atoms with Gasteiger partial charge in [-0.25, -0.2) is 4.98 Å². The number of rotatable bonds is 5. The Hall–Kier alpha value is -2.13. The number of benzene rings is 2. The molecule has 0 aliphatic carbocycles. The predicted octanol–water partition coefficient (Wildman–Crippen LogP) is 4.35. The van der Waals surface area contributed by atoms with E-state index in [4.69, 9.17) is 0 Å². The lowest BCUT2D eigenvalue weighted by atomic mass is 10.0. The number of aromatic nitrogens is 1. The van der Waals surface area contributed by atoms with E-state index in [9.17, 15) is 0 Å². The fraction of sp³-hybridized carbons (Fsp3) is 0.118. The number of anilines is 1. The van der Waals surface area contributed by atoms with Crippen molar-refractivity contribution in [2.24, 2.45) is 0 Å². The molecule has 0 fully saturated rings. The van der Waals surface area contributed by atoms with Gasteiger partial charge in [-0.2, -0.15) is 0 Å². The van der Waals surface area contributed by atoms with E-state index in [0.29, 0.717) is 0 Å². The maximum absolute atomic E-state index is 4.30. The summed E-state index contributed by atoms with van der Waals surface area (Å²) in [6.45, 7) is 0.781. The van der Waals surface area contributed by atoms with Crippen LogP contribution in [-0.2, 0) is 13.0 Å². The van der Waals surface area contributed by atoms with Gasteiger partial charge in [0.1, 0.15) is 5.01 Å². The first-order valence-corrected chi connectivity index (χ1v) is 7.54. The predicted molar refractivity (Wildman–Crippen MR) is 85.1 cm³/mol. The quantitative estimate of drug-likeness (QED) is 0.751. The molecule has 2 nitrogen and oxygen atoms in total. The zero-order valence-corrected chi connectivity index (χ0v) is 11.9. The molecule has 0 radical (unpaired) electrons. The summed E-state index contributed by atoms with van der Waals surface area (Å²) in [6.07, 6.45) is 2.79. The van der Waals surface area contributed by atoms with Crippen LogP contribution in [0.15, 0.2) is 66.2 Å². The van der Waals surface area contributed by atoms with Gasteiger partial charge in [0.15, 0.2) is 0 Å². The highest BCUT2D eigenvalue weighted by Crippen LogP contribution is 2.20. The van der Waals surface area contributed by atoms with E-state index in [1.807, 2.05) is 11.6 Å². The number of hydrogen-bond acceptors (Lipinski definition) is 3. The lowest BCUT2D eigenvalue weighted by Gasteiger charge is -2.11. The van der Waals surface area contributed by atoms with Crippen molar-refractivity contribution in [1.29, 1.82) is 0 Å². The monoisotopic (exact) mass is 280 g/mol. The highest BCUT2D eigenvalue weighted by atomic mass is 32.1. The van der Waals surface area contributed by atoms with Crippen LogP contribution in [0.2, 0.25) is 0 Å². The summed E-state index contributed by atoms with van der Waals surface area (Å²) in [7, 11) is 0. The molecule has 3 rings (SSSR count). The molecule has 0 spiro atoms. The first kappa shape index (κ1) is 12.9. The minimum atomic E-state index is 0.781. The fourth-order valence-electron chi connectivity index (χ4n) is 2.17. The minimum Gasteiger partial charge on any atom is -0.378 e. The molecule has 3 aromatic rings. The first-order chi connectivity index (χ1) is 9.92. The van der Waals surface area contributed by atoms with Crippen LogP contribution < -0.4 is 5.32 Å². The molecule has 0 atom stereocenters. The van der Waals surface area contributed by atoms with E-state index in [0.717, 1.165) is 18.0 Å². The number of para-hydroxylation sites is 1. The second-order valence-corrected chi connectivity index (χ2v) is 5.58. The SMILES string of the molecule is c1ccc(Cc2ccccc2NCc2nccs2)cc1. The lowest BCUT2D eigenvalue weighted by Crippen LogP contribution is -2.02. The summed E-state index contributed by atoms with van der Waals surface area (Å²) < 4.78 is 0. The molecule has 1 N–H and O–H groups in total. The summed E-state index contributed by atoms with van der Waals surface area (Å²) in [6, 6.07) is 19.0. The third-order valence-corrected chi connectivity index (χ3v) is 3.95. The molecule has 0 unspecified atom stereocenters. The minimum absolute atomic E-state index is 0.781. The molecule has 3 heteroatoms. The molecular formula is C17H16N2S. The Morgan fingerprint density at radius 1 is 0.950 bits per heavy atom. The smallest absolute Gasteiger partial charge is 0.112 e. The molecule has 20 heavy (non-hydrogen) atoms. The van der Waals surface area contributed by atoms with Crippen LogP contribution in [0.3, 0.4) is 0 Å². The van der Waals surface area contributed by atoms with Crippen molar-refractivity contribution in [3.8, 4) is 0 Å². The van der Waals surface area contributed by atoms with Gasteiger partial charge in [0.2, 0.25) is 0 Å². The number of hydrogen-bond donors (Lipinski definition) is 1. The van der Waals surface area contributed by atoms with Gasteiger partial charge in [0.05, 0.1) is 6.54 Å². The molecule has 1 aromatic heterocycles. The van der Waals surface area contributed by atoms with Gasteiger partial charge >= 0.3 is 0 Å². The Balaban J connectivity index is 1.74. The van der Waals surface area contributed by atoms with Gasteiger partial charge in [-0.1, -0.05) is 48.5 Å². The van der Waals surface area contributed by atoms with Gasteiger partial charge in [-0.15, -0.1) is 11.3 Å². The van der Waals surface area contributed by atoms with Crippen molar-refractivity contribution in [2.75, 3.05) is 5.32 Å². The molecule has 0 saturated heterocycles. The molecule has 0 aliphatic heterocycles. The van der Waals surface area contributed by atoms with Crippen molar-refractivity contribution in [2.45, 2.75) is 13.0 Å². The van der Waals surface area contributed by atoms with E-state index < -0.39 is 0 Å². The molecule has 0 saturated carbocycles. The van der Waals surface area contributed by atoms with Gasteiger partial charge in [0.25, 0.3) is 0 Å². The Bertz CT molecular complexity index is 648. The maximum atomic E-state index is 4.30. The second kappa shape index (κ2) is 6.35. The number of nitrogens with one attached hydrogen (secondary N) is 1. The molecule has 0 bridgehead atoms. The molecule has 0 amide bonds. The van der Waals surface area contributed by atoms with Crippen molar-refractivity contribution >= 4 is 17.0 Å². The van der Waals surface area contributed by atoms with E-state index in [2.05, 4.69) is 64.9 Å². The Kier molecular flexibility index (Phi) is 4.09. The Morgan fingerprint density at radius 2 is 1.75 bits per heavy atom. The van der Waals surface area contributed by atoms with Crippen LogP contribution in [0.5, 0.6) is 0 Å². The standard InChI is InChI=1S/C17H16N2S/c1-2-6-14(7-3-1)12-15-8-4-5-9-16(15)19-13-17-18-10-11-20-17/h1-11,19H,12-13H2. The van der Waals surface area contributed by atoms with Crippen LogP contribution >= 0.6 is 11.3 Å². The Morgan fingerprint density at radius 3 is 2.55 bits per heavy atom. The normalized spacial score (nSPS) is 10.4. The molecule has 2 aromatic carbocycles. The summed E-state index contributed by atoms with van der Waals surface area (Å²) >= 11 is 1.68. The largest absolute Gasteiger partial charge is 0.378 e. The summed E-state index contributed by atoms with van der Waals surface area (Å²) in [5, 5.41) is 6.60. The van der Waals surface area contributed by atoms with Crippen LogP contribution in [0.25, 0.3) is 0 Å². The van der Waals surface area contributed by atoms with Gasteiger partial charge < -0.3 is 5.32 Å². The fourth-order valence-corrected chi connectivity index (χ4v) is 2.73. The average molecular weight is 280 g/mol. The van der Waals surface area contributed by atoms with Crippen molar-refractivity contribution in [1.82, 2.24) is 4.98 Å². The average Bonchev–Trinajstić information content (AvgIpc) is 3.01. The van der Waals surface area contributed by atoms with Crippen LogP contribution in [0.4, 0.5) is 5.69 Å². The third-order valence-electron chi connectivity index (χ3n) is 3.17. The summed E-state index contributed by atoms with van der Waals surface area (Å²) in [5.74, 6) is 0. The van der Waals surface area contributed by atoms with E-state index in [1.165, 1.54) is 16.8 Å². The van der Waals surface area contributed by atoms with Crippen molar-refractivity contribution in [3.05, 3.63) is 82.3 Å². The molecular weight excluding hydrogens is 264 g/mol. The highest BCUT2D eigenvalue weighted by Gasteiger charge is 2.03. The Labute approximate surface area is 123 Å². The van der Waals surface area contributed by atoms with Crippen LogP contribution in [-0.4, -0.2) is 4.98 Å². The lowest BCUT2D eigenvalue weighted by molar-refractivity contribution is 1.08. The van der Waals surface area contributed by atoms with Crippen molar-refractivity contribution in [3.63, 3.8) is 0 Å². The van der Waals surface area contributed by atoms with Crippen molar-refractivity contribution < 1.29 is 0 Å². The molecule has 100 valence electrons. The van der Waals surface area contributed by atoms with Gasteiger partial charge in [0, 0.05) is 17.3 Å². The number of nitrogens with zero attached hydrogens (tertiary/aromatic N) is 1. The van der Waals surface area contributed by atoms with E-state index >= 15 is 0 Å². The molecule has 0 aliphatic rings. The van der Waals surface area contributed by atoms with E-state index in [-0.39, 0.29) is 0 Å². The van der Waals surface area contributed by atoms with E-state index in [1.54, 1.807) is 11.3 Å². The third kappa shape index (κ3) is 3.25. The number of thiazole rings is 1. The zero-order valence-electron chi connectivity index (χ0n) is 11.1. The first-order valence-electron chi connectivity index (χ1n) is 6.66. The molecule has 1 heterocycles.